The van der Waals surface area contributed by atoms with Crippen molar-refractivity contribution in [2.75, 3.05) is 19.5 Å². The van der Waals surface area contributed by atoms with E-state index in [4.69, 9.17) is 14.6 Å². The van der Waals surface area contributed by atoms with Gasteiger partial charge in [0.1, 0.15) is 0 Å². The Labute approximate surface area is 206 Å². The monoisotopic (exact) mass is 469 g/mol. The standard InChI is InChI=1S/C29H31N3O3/c1-5-16-32-28(22-11-7-6-8-12-22)25(20(2)31-32)18-21-10-9-13-23(17-21)29(33)30-24-14-15-26(34-3)27(19-24)35-4/h6-15,17,19H,5,16,18H2,1-4H3,(H,30,33). The minimum atomic E-state index is -0.180. The zero-order valence-corrected chi connectivity index (χ0v) is 20.7. The van der Waals surface area contributed by atoms with E-state index < -0.39 is 0 Å². The van der Waals surface area contributed by atoms with Gasteiger partial charge in [0.2, 0.25) is 0 Å². The summed E-state index contributed by atoms with van der Waals surface area (Å²) in [7, 11) is 3.15. The molecule has 1 N–H and O–H groups in total. The number of hydrogen-bond acceptors (Lipinski definition) is 4. The highest BCUT2D eigenvalue weighted by molar-refractivity contribution is 6.04. The summed E-state index contributed by atoms with van der Waals surface area (Å²) in [5, 5.41) is 7.79. The maximum Gasteiger partial charge on any atom is 0.255 e. The van der Waals surface area contributed by atoms with Crippen molar-refractivity contribution in [1.82, 2.24) is 9.78 Å². The van der Waals surface area contributed by atoms with Crippen LogP contribution in [0.1, 0.15) is 40.5 Å². The third-order valence-corrected chi connectivity index (χ3v) is 5.95. The smallest absolute Gasteiger partial charge is 0.255 e. The molecule has 1 aromatic heterocycles. The number of ether oxygens (including phenoxy) is 2. The highest BCUT2D eigenvalue weighted by Crippen LogP contribution is 2.31. The van der Waals surface area contributed by atoms with Gasteiger partial charge in [-0.15, -0.1) is 0 Å². The molecule has 0 fully saturated rings. The molecule has 1 heterocycles. The summed E-state index contributed by atoms with van der Waals surface area (Å²) < 4.78 is 12.7. The molecule has 4 aromatic rings. The molecule has 6 heteroatoms. The number of amides is 1. The number of carbonyl (C=O) groups excluding carboxylic acids is 1. The maximum atomic E-state index is 13.0. The van der Waals surface area contributed by atoms with Gasteiger partial charge in [0.15, 0.2) is 11.5 Å². The van der Waals surface area contributed by atoms with E-state index in [0.717, 1.165) is 35.5 Å². The second-order valence-electron chi connectivity index (χ2n) is 8.40. The quantitative estimate of drug-likeness (QED) is 0.320. The molecular weight excluding hydrogens is 438 g/mol. The van der Waals surface area contributed by atoms with E-state index in [1.807, 2.05) is 24.3 Å². The van der Waals surface area contributed by atoms with Gasteiger partial charge in [-0.1, -0.05) is 49.4 Å². The zero-order valence-electron chi connectivity index (χ0n) is 20.7. The summed E-state index contributed by atoms with van der Waals surface area (Å²) in [6, 6.07) is 23.4. The molecular formula is C29H31N3O3. The van der Waals surface area contributed by atoms with Gasteiger partial charge in [-0.25, -0.2) is 0 Å². The molecule has 0 unspecified atom stereocenters. The first kappa shape index (κ1) is 24.1. The first-order valence-electron chi connectivity index (χ1n) is 11.8. The zero-order chi connectivity index (χ0) is 24.8. The van der Waals surface area contributed by atoms with Crippen LogP contribution >= 0.6 is 0 Å². The molecule has 0 saturated heterocycles. The van der Waals surface area contributed by atoms with Crippen molar-refractivity contribution in [3.05, 3.63) is 95.2 Å². The lowest BCUT2D eigenvalue weighted by Crippen LogP contribution is -2.12. The molecule has 0 aliphatic carbocycles. The lowest BCUT2D eigenvalue weighted by molar-refractivity contribution is 0.102. The number of hydrogen-bond donors (Lipinski definition) is 1. The van der Waals surface area contributed by atoms with Crippen LogP contribution in [0, 0.1) is 6.92 Å². The Morgan fingerprint density at radius 3 is 2.43 bits per heavy atom. The van der Waals surface area contributed by atoms with Crippen molar-refractivity contribution in [1.29, 1.82) is 0 Å². The topological polar surface area (TPSA) is 65.4 Å². The van der Waals surface area contributed by atoms with Crippen LogP contribution in [0.5, 0.6) is 11.5 Å². The molecule has 0 aliphatic rings. The number of rotatable bonds is 9. The SMILES string of the molecule is CCCn1nc(C)c(Cc2cccc(C(=O)Nc3ccc(OC)c(OC)c3)c2)c1-c1ccccc1. The highest BCUT2D eigenvalue weighted by atomic mass is 16.5. The van der Waals surface area contributed by atoms with Gasteiger partial charge < -0.3 is 14.8 Å². The Hall–Kier alpha value is -4.06. The number of anilines is 1. The average molecular weight is 470 g/mol. The lowest BCUT2D eigenvalue weighted by atomic mass is 9.98. The van der Waals surface area contributed by atoms with Crippen LogP contribution < -0.4 is 14.8 Å². The fraction of sp³-hybridized carbons (Fsp3) is 0.241. The molecule has 180 valence electrons. The van der Waals surface area contributed by atoms with E-state index in [2.05, 4.69) is 54.2 Å². The van der Waals surface area contributed by atoms with Crippen molar-refractivity contribution >= 4 is 11.6 Å². The van der Waals surface area contributed by atoms with Crippen LogP contribution in [0.25, 0.3) is 11.3 Å². The van der Waals surface area contributed by atoms with Crippen LogP contribution in [0.4, 0.5) is 5.69 Å². The number of aryl methyl sites for hydroxylation is 2. The molecule has 0 aliphatic heterocycles. The minimum absolute atomic E-state index is 0.180. The Bertz CT molecular complexity index is 1310. The van der Waals surface area contributed by atoms with Gasteiger partial charge in [0.25, 0.3) is 5.91 Å². The van der Waals surface area contributed by atoms with Crippen LogP contribution in [0.15, 0.2) is 72.8 Å². The van der Waals surface area contributed by atoms with Crippen molar-refractivity contribution in [2.45, 2.75) is 33.2 Å². The van der Waals surface area contributed by atoms with E-state index in [0.29, 0.717) is 29.2 Å². The second-order valence-corrected chi connectivity index (χ2v) is 8.40. The number of nitrogens with one attached hydrogen (secondary N) is 1. The fourth-order valence-corrected chi connectivity index (χ4v) is 4.27. The van der Waals surface area contributed by atoms with Gasteiger partial charge in [-0.05, 0) is 43.2 Å². The molecule has 0 spiro atoms. The van der Waals surface area contributed by atoms with Crippen LogP contribution in [-0.2, 0) is 13.0 Å². The summed E-state index contributed by atoms with van der Waals surface area (Å²) in [5.41, 5.74) is 6.78. The van der Waals surface area contributed by atoms with E-state index in [9.17, 15) is 4.79 Å². The highest BCUT2D eigenvalue weighted by Gasteiger charge is 2.18. The van der Waals surface area contributed by atoms with E-state index in [1.54, 1.807) is 32.4 Å². The van der Waals surface area contributed by atoms with Crippen LogP contribution in [0.2, 0.25) is 0 Å². The third kappa shape index (κ3) is 5.38. The van der Waals surface area contributed by atoms with E-state index in [1.165, 1.54) is 5.56 Å². The Balaban J connectivity index is 1.60. The number of nitrogens with zero attached hydrogens (tertiary/aromatic N) is 2. The first-order chi connectivity index (χ1) is 17.0. The van der Waals surface area contributed by atoms with Gasteiger partial charge in [0.05, 0.1) is 25.6 Å². The first-order valence-corrected chi connectivity index (χ1v) is 11.8. The largest absolute Gasteiger partial charge is 0.493 e. The summed E-state index contributed by atoms with van der Waals surface area (Å²) in [4.78, 5) is 13.0. The van der Waals surface area contributed by atoms with Crippen molar-refractivity contribution in [2.24, 2.45) is 0 Å². The number of aromatic nitrogens is 2. The van der Waals surface area contributed by atoms with Gasteiger partial charge in [-0.2, -0.15) is 5.10 Å². The lowest BCUT2D eigenvalue weighted by Gasteiger charge is -2.12. The molecule has 3 aromatic carbocycles. The average Bonchev–Trinajstić information content (AvgIpc) is 3.19. The predicted molar refractivity (Wildman–Crippen MR) is 139 cm³/mol. The molecule has 1 amide bonds. The van der Waals surface area contributed by atoms with Crippen LogP contribution in [0.3, 0.4) is 0 Å². The third-order valence-electron chi connectivity index (χ3n) is 5.95. The van der Waals surface area contributed by atoms with Crippen molar-refractivity contribution < 1.29 is 14.3 Å². The fourth-order valence-electron chi connectivity index (χ4n) is 4.27. The van der Waals surface area contributed by atoms with Gasteiger partial charge >= 0.3 is 0 Å². The molecule has 35 heavy (non-hydrogen) atoms. The predicted octanol–water partition coefficient (Wildman–Crippen LogP) is 6.13. The van der Waals surface area contributed by atoms with Crippen LogP contribution in [-0.4, -0.2) is 29.9 Å². The van der Waals surface area contributed by atoms with E-state index >= 15 is 0 Å². The Kier molecular flexibility index (Phi) is 7.51. The maximum absolute atomic E-state index is 13.0. The van der Waals surface area contributed by atoms with Crippen molar-refractivity contribution in [3.63, 3.8) is 0 Å². The van der Waals surface area contributed by atoms with E-state index in [-0.39, 0.29) is 5.91 Å². The second kappa shape index (κ2) is 10.9. The van der Waals surface area contributed by atoms with Gasteiger partial charge in [-0.3, -0.25) is 9.48 Å². The number of carbonyl (C=O) groups is 1. The molecule has 0 radical (unpaired) electrons. The molecule has 4 rings (SSSR count). The molecule has 6 nitrogen and oxygen atoms in total. The van der Waals surface area contributed by atoms with Gasteiger partial charge in [0, 0.05) is 41.4 Å². The molecule has 0 bridgehead atoms. The summed E-state index contributed by atoms with van der Waals surface area (Å²) in [5.74, 6) is 0.994. The summed E-state index contributed by atoms with van der Waals surface area (Å²) in [6.45, 7) is 5.08. The van der Waals surface area contributed by atoms with Crippen molar-refractivity contribution in [3.8, 4) is 22.8 Å². The molecule has 0 atom stereocenters. The minimum Gasteiger partial charge on any atom is -0.493 e. The normalized spacial score (nSPS) is 10.7. The molecule has 0 saturated carbocycles. The number of methoxy groups -OCH3 is 2. The summed E-state index contributed by atoms with van der Waals surface area (Å²) >= 11 is 0. The Morgan fingerprint density at radius 1 is 0.943 bits per heavy atom. The Morgan fingerprint density at radius 2 is 1.71 bits per heavy atom. The number of benzene rings is 3. The summed E-state index contributed by atoms with van der Waals surface area (Å²) in [6.07, 6.45) is 1.70.